The number of carbonyl (C=O) groups is 1. The molecular formula is C19H27ClN2OS. The molecule has 1 amide bonds. The lowest BCUT2D eigenvalue weighted by Crippen LogP contribution is -2.29. The second-order valence-electron chi connectivity index (χ2n) is 5.75. The largest absolute Gasteiger partial charge is 0.344 e. The molecule has 0 spiro atoms. The molecule has 0 radical (unpaired) electrons. The molecule has 3 N–H and O–H groups in total. The van der Waals surface area contributed by atoms with E-state index in [0.717, 1.165) is 23.3 Å². The standard InChI is InChI=1S/C19H26N2OS.ClH/c1-2-3-6-15-9-11-16(12-10-15)19(17-7-5-14-23-17)21-18(22)8-4-13-20;/h5,7,9-12,14,19H,2-4,6,8,13,20H2,1H3,(H,21,22);1H. The summed E-state index contributed by atoms with van der Waals surface area (Å²) in [7, 11) is 0. The Morgan fingerprint density at radius 2 is 1.96 bits per heavy atom. The van der Waals surface area contributed by atoms with Crippen molar-refractivity contribution in [1.82, 2.24) is 5.32 Å². The maximum atomic E-state index is 12.1. The summed E-state index contributed by atoms with van der Waals surface area (Å²) in [5, 5.41) is 5.19. The number of rotatable bonds is 9. The van der Waals surface area contributed by atoms with Crippen LogP contribution in [0.5, 0.6) is 0 Å². The van der Waals surface area contributed by atoms with Crippen molar-refractivity contribution < 1.29 is 4.79 Å². The van der Waals surface area contributed by atoms with E-state index in [1.165, 1.54) is 18.4 Å². The monoisotopic (exact) mass is 366 g/mol. The predicted molar refractivity (Wildman–Crippen MR) is 105 cm³/mol. The van der Waals surface area contributed by atoms with Gasteiger partial charge in [0.05, 0.1) is 6.04 Å². The second kappa shape index (κ2) is 11.2. The first-order chi connectivity index (χ1) is 11.2. The van der Waals surface area contributed by atoms with Gasteiger partial charge >= 0.3 is 0 Å². The van der Waals surface area contributed by atoms with Gasteiger partial charge in [0.15, 0.2) is 0 Å². The van der Waals surface area contributed by atoms with E-state index in [-0.39, 0.29) is 24.4 Å². The van der Waals surface area contributed by atoms with E-state index in [2.05, 4.69) is 42.6 Å². The minimum atomic E-state index is -0.0690. The zero-order valence-electron chi connectivity index (χ0n) is 14.2. The van der Waals surface area contributed by atoms with Crippen molar-refractivity contribution in [3.05, 3.63) is 57.8 Å². The molecular weight excluding hydrogens is 340 g/mol. The highest BCUT2D eigenvalue weighted by atomic mass is 35.5. The molecule has 2 aromatic rings. The van der Waals surface area contributed by atoms with E-state index in [4.69, 9.17) is 5.73 Å². The topological polar surface area (TPSA) is 55.1 Å². The zero-order chi connectivity index (χ0) is 16.5. The van der Waals surface area contributed by atoms with Gasteiger partial charge in [0.25, 0.3) is 0 Å². The number of nitrogens with two attached hydrogens (primary N) is 1. The number of hydrogen-bond donors (Lipinski definition) is 2. The number of hydrogen-bond acceptors (Lipinski definition) is 3. The second-order valence-corrected chi connectivity index (χ2v) is 6.73. The van der Waals surface area contributed by atoms with Crippen LogP contribution in [0.15, 0.2) is 41.8 Å². The van der Waals surface area contributed by atoms with Crippen LogP contribution < -0.4 is 11.1 Å². The predicted octanol–water partition coefficient (Wildman–Crippen LogP) is 4.46. The number of unbranched alkanes of at least 4 members (excludes halogenated alkanes) is 1. The lowest BCUT2D eigenvalue weighted by molar-refractivity contribution is -0.121. The van der Waals surface area contributed by atoms with Crippen molar-refractivity contribution in [2.24, 2.45) is 5.73 Å². The first-order valence-corrected chi connectivity index (χ1v) is 9.24. The van der Waals surface area contributed by atoms with E-state index in [0.29, 0.717) is 13.0 Å². The summed E-state index contributed by atoms with van der Waals surface area (Å²) >= 11 is 1.67. The molecule has 1 unspecified atom stereocenters. The smallest absolute Gasteiger partial charge is 0.220 e. The third kappa shape index (κ3) is 6.27. The van der Waals surface area contributed by atoms with Gasteiger partial charge in [-0.25, -0.2) is 0 Å². The van der Waals surface area contributed by atoms with Crippen molar-refractivity contribution in [3.63, 3.8) is 0 Å². The van der Waals surface area contributed by atoms with E-state index < -0.39 is 0 Å². The number of thiophene rings is 1. The maximum Gasteiger partial charge on any atom is 0.220 e. The van der Waals surface area contributed by atoms with Gasteiger partial charge in [-0.2, -0.15) is 0 Å². The van der Waals surface area contributed by atoms with Gasteiger partial charge in [0, 0.05) is 11.3 Å². The quantitative estimate of drug-likeness (QED) is 0.688. The van der Waals surface area contributed by atoms with Crippen LogP contribution in [-0.4, -0.2) is 12.5 Å². The Kier molecular flexibility index (Phi) is 9.69. The Labute approximate surface area is 155 Å². The SMILES string of the molecule is CCCCc1ccc(C(NC(=O)CCCN)c2cccs2)cc1.Cl. The average molecular weight is 367 g/mol. The molecule has 2 rings (SSSR count). The van der Waals surface area contributed by atoms with Crippen LogP contribution in [0.3, 0.4) is 0 Å². The van der Waals surface area contributed by atoms with Gasteiger partial charge in [0.2, 0.25) is 5.91 Å². The lowest BCUT2D eigenvalue weighted by Gasteiger charge is -2.18. The summed E-state index contributed by atoms with van der Waals surface area (Å²) < 4.78 is 0. The van der Waals surface area contributed by atoms with Crippen LogP contribution >= 0.6 is 23.7 Å². The highest BCUT2D eigenvalue weighted by Crippen LogP contribution is 2.26. The zero-order valence-corrected chi connectivity index (χ0v) is 15.8. The van der Waals surface area contributed by atoms with Crippen LogP contribution in [-0.2, 0) is 11.2 Å². The molecule has 0 aliphatic carbocycles. The van der Waals surface area contributed by atoms with Crippen LogP contribution in [0.25, 0.3) is 0 Å². The number of aryl methyl sites for hydroxylation is 1. The lowest BCUT2D eigenvalue weighted by atomic mass is 10.0. The summed E-state index contributed by atoms with van der Waals surface area (Å²) in [5.41, 5.74) is 7.98. The van der Waals surface area contributed by atoms with Crippen molar-refractivity contribution in [2.75, 3.05) is 6.54 Å². The molecule has 1 atom stereocenters. The van der Waals surface area contributed by atoms with E-state index in [9.17, 15) is 4.79 Å². The Morgan fingerprint density at radius 3 is 2.54 bits per heavy atom. The fourth-order valence-corrected chi connectivity index (χ4v) is 3.33. The molecule has 3 nitrogen and oxygen atoms in total. The molecule has 132 valence electrons. The van der Waals surface area contributed by atoms with Crippen molar-refractivity contribution in [2.45, 2.75) is 45.1 Å². The molecule has 0 saturated carbocycles. The van der Waals surface area contributed by atoms with Crippen LogP contribution in [0.4, 0.5) is 0 Å². The minimum absolute atomic E-state index is 0. The Balaban J connectivity index is 0.00000288. The molecule has 5 heteroatoms. The van der Waals surface area contributed by atoms with Crippen molar-refractivity contribution >= 4 is 29.7 Å². The van der Waals surface area contributed by atoms with Crippen LogP contribution in [0, 0.1) is 0 Å². The molecule has 1 aromatic carbocycles. The third-order valence-electron chi connectivity index (χ3n) is 3.87. The number of halogens is 1. The summed E-state index contributed by atoms with van der Waals surface area (Å²) in [6, 6.07) is 12.7. The van der Waals surface area contributed by atoms with Gasteiger partial charge in [-0.3, -0.25) is 4.79 Å². The van der Waals surface area contributed by atoms with Gasteiger partial charge in [-0.1, -0.05) is 43.7 Å². The summed E-state index contributed by atoms with van der Waals surface area (Å²) in [6.07, 6.45) is 4.73. The van der Waals surface area contributed by atoms with Crippen LogP contribution in [0.2, 0.25) is 0 Å². The molecule has 0 aliphatic heterocycles. The summed E-state index contributed by atoms with van der Waals surface area (Å²) in [5.74, 6) is 0.0592. The summed E-state index contributed by atoms with van der Waals surface area (Å²) in [6.45, 7) is 2.75. The number of carbonyl (C=O) groups excluding carboxylic acids is 1. The van der Waals surface area contributed by atoms with E-state index >= 15 is 0 Å². The first kappa shape index (κ1) is 20.7. The Hall–Kier alpha value is -1.36. The van der Waals surface area contributed by atoms with Crippen molar-refractivity contribution in [1.29, 1.82) is 0 Å². The third-order valence-corrected chi connectivity index (χ3v) is 4.81. The highest BCUT2D eigenvalue weighted by Gasteiger charge is 2.17. The fourth-order valence-electron chi connectivity index (χ4n) is 2.53. The van der Waals surface area contributed by atoms with E-state index in [1.807, 2.05) is 11.4 Å². The molecule has 0 saturated heterocycles. The van der Waals surface area contributed by atoms with Gasteiger partial charge < -0.3 is 11.1 Å². The molecule has 1 heterocycles. The van der Waals surface area contributed by atoms with Gasteiger partial charge in [-0.05, 0) is 48.4 Å². The molecule has 0 fully saturated rings. The Bertz CT molecular complexity index is 584. The molecule has 1 aromatic heterocycles. The van der Waals surface area contributed by atoms with Gasteiger partial charge in [-0.15, -0.1) is 23.7 Å². The molecule has 0 bridgehead atoms. The molecule has 24 heavy (non-hydrogen) atoms. The van der Waals surface area contributed by atoms with Gasteiger partial charge in [0.1, 0.15) is 0 Å². The minimum Gasteiger partial charge on any atom is -0.344 e. The molecule has 0 aliphatic rings. The summed E-state index contributed by atoms with van der Waals surface area (Å²) in [4.78, 5) is 13.3. The maximum absolute atomic E-state index is 12.1. The highest BCUT2D eigenvalue weighted by molar-refractivity contribution is 7.10. The first-order valence-electron chi connectivity index (χ1n) is 8.36. The Morgan fingerprint density at radius 1 is 1.21 bits per heavy atom. The normalized spacial score (nSPS) is 11.6. The van der Waals surface area contributed by atoms with Crippen molar-refractivity contribution in [3.8, 4) is 0 Å². The van der Waals surface area contributed by atoms with Crippen LogP contribution in [0.1, 0.15) is 54.7 Å². The van der Waals surface area contributed by atoms with E-state index in [1.54, 1.807) is 11.3 Å². The number of benzene rings is 1. The number of amides is 1. The fraction of sp³-hybridized carbons (Fsp3) is 0.421. The average Bonchev–Trinajstić information content (AvgIpc) is 3.11. The number of nitrogens with one attached hydrogen (secondary N) is 1.